The monoisotopic (exact) mass is 199 g/mol. The highest BCUT2D eigenvalue weighted by Gasteiger charge is 2.32. The minimum atomic E-state index is -0.282. The van der Waals surface area contributed by atoms with E-state index in [-0.39, 0.29) is 11.5 Å². The normalized spacial score (nSPS) is 29.3. The Morgan fingerprint density at radius 1 is 1.27 bits per heavy atom. The molecule has 1 heteroatoms. The van der Waals surface area contributed by atoms with E-state index >= 15 is 0 Å². The number of ether oxygens (including phenoxy) is 1. The maximum absolute atomic E-state index is 5.58. The minimum Gasteiger partial charge on any atom is -0.373 e. The molecule has 1 aromatic rings. The van der Waals surface area contributed by atoms with Gasteiger partial charge in [-0.1, -0.05) is 42.5 Å². The van der Waals surface area contributed by atoms with Crippen LogP contribution in [0.15, 0.2) is 48.6 Å². The van der Waals surface area contributed by atoms with E-state index in [0.29, 0.717) is 0 Å². The number of methoxy groups -OCH3 is 1. The van der Waals surface area contributed by atoms with Crippen LogP contribution in [0.2, 0.25) is 0 Å². The van der Waals surface area contributed by atoms with E-state index in [4.69, 9.17) is 4.74 Å². The zero-order valence-electron chi connectivity index (χ0n) is 9.10. The highest BCUT2D eigenvalue weighted by Crippen LogP contribution is 2.35. The molecule has 0 saturated heterocycles. The van der Waals surface area contributed by atoms with E-state index in [0.717, 1.165) is 0 Å². The van der Waals surface area contributed by atoms with Gasteiger partial charge in [-0.15, -0.1) is 0 Å². The van der Waals surface area contributed by atoms with Gasteiger partial charge >= 0.3 is 0 Å². The van der Waals surface area contributed by atoms with Crippen LogP contribution >= 0.6 is 0 Å². The van der Waals surface area contributed by atoms with E-state index in [9.17, 15) is 0 Å². The van der Waals surface area contributed by atoms with E-state index in [2.05, 4.69) is 43.3 Å². The fourth-order valence-electron chi connectivity index (χ4n) is 1.93. The van der Waals surface area contributed by atoms with Gasteiger partial charge in [0, 0.05) is 13.0 Å². The Bertz CT molecular complexity index is 378. The molecule has 1 aromatic carbocycles. The van der Waals surface area contributed by atoms with Crippen molar-refractivity contribution in [2.45, 2.75) is 18.4 Å². The molecule has 0 fully saturated rings. The average Bonchev–Trinajstić information content (AvgIpc) is 2.31. The van der Waals surface area contributed by atoms with Gasteiger partial charge in [-0.25, -0.2) is 0 Å². The molecule has 15 heavy (non-hydrogen) atoms. The predicted molar refractivity (Wildman–Crippen MR) is 61.6 cm³/mol. The lowest BCUT2D eigenvalue weighted by Gasteiger charge is -2.34. The van der Waals surface area contributed by atoms with Crippen LogP contribution in [0.1, 0.15) is 18.4 Å². The summed E-state index contributed by atoms with van der Waals surface area (Å²) in [5, 5.41) is 0. The molecular weight excluding hydrogens is 184 g/mol. The third kappa shape index (κ3) is 1.88. The Labute approximate surface area is 91.1 Å². The summed E-state index contributed by atoms with van der Waals surface area (Å²) in [6.07, 6.45) is 9.18. The van der Waals surface area contributed by atoms with E-state index in [1.807, 2.05) is 18.2 Å². The number of hydrogen-bond donors (Lipinski definition) is 0. The summed E-state index contributed by atoms with van der Waals surface area (Å²) in [6.45, 7) is 2.08. The van der Waals surface area contributed by atoms with Crippen LogP contribution in [0.5, 0.6) is 0 Å². The van der Waals surface area contributed by atoms with Crippen LogP contribution in [0, 0.1) is 6.08 Å². The van der Waals surface area contributed by atoms with Crippen LogP contribution in [-0.4, -0.2) is 12.7 Å². The Morgan fingerprint density at radius 3 is 2.67 bits per heavy atom. The lowest BCUT2D eigenvalue weighted by molar-refractivity contribution is 0.0350. The molecule has 0 spiro atoms. The summed E-state index contributed by atoms with van der Waals surface area (Å²) < 4.78 is 5.58. The molecule has 2 rings (SSSR count). The lowest BCUT2D eigenvalue weighted by atomic mass is 9.80. The summed E-state index contributed by atoms with van der Waals surface area (Å²) in [6, 6.07) is 10.4. The molecule has 2 atom stereocenters. The first-order chi connectivity index (χ1) is 7.26. The molecule has 0 heterocycles. The third-order valence-corrected chi connectivity index (χ3v) is 2.97. The van der Waals surface area contributed by atoms with E-state index in [1.54, 1.807) is 7.11 Å². The molecule has 0 saturated carbocycles. The second-order valence-electron chi connectivity index (χ2n) is 3.95. The van der Waals surface area contributed by atoms with Crippen molar-refractivity contribution in [2.75, 3.05) is 7.11 Å². The molecule has 1 radical (unpaired) electrons. The van der Waals surface area contributed by atoms with Crippen molar-refractivity contribution in [2.24, 2.45) is 0 Å². The molecule has 2 unspecified atom stereocenters. The predicted octanol–water partition coefficient (Wildman–Crippen LogP) is 3.10. The van der Waals surface area contributed by atoms with Gasteiger partial charge in [0.15, 0.2) is 0 Å². The fraction of sp³-hybridized carbons (Fsp3) is 0.286. The van der Waals surface area contributed by atoms with E-state index in [1.165, 1.54) is 5.56 Å². The van der Waals surface area contributed by atoms with Crippen LogP contribution in [0.25, 0.3) is 0 Å². The van der Waals surface area contributed by atoms with Crippen molar-refractivity contribution in [3.05, 3.63) is 60.2 Å². The second kappa shape index (κ2) is 4.03. The van der Waals surface area contributed by atoms with Crippen molar-refractivity contribution < 1.29 is 4.74 Å². The summed E-state index contributed by atoms with van der Waals surface area (Å²) in [5.41, 5.74) is 0.992. The topological polar surface area (TPSA) is 9.23 Å². The average molecular weight is 199 g/mol. The Morgan fingerprint density at radius 2 is 2.00 bits per heavy atom. The van der Waals surface area contributed by atoms with Crippen LogP contribution in [0.3, 0.4) is 0 Å². The lowest BCUT2D eigenvalue weighted by Crippen LogP contribution is -2.33. The minimum absolute atomic E-state index is 0.268. The first-order valence-corrected chi connectivity index (χ1v) is 5.13. The molecule has 0 aliphatic heterocycles. The van der Waals surface area contributed by atoms with Gasteiger partial charge in [0.05, 0.1) is 5.60 Å². The molecule has 0 aromatic heterocycles. The van der Waals surface area contributed by atoms with Crippen LogP contribution < -0.4 is 0 Å². The van der Waals surface area contributed by atoms with E-state index < -0.39 is 0 Å². The van der Waals surface area contributed by atoms with Gasteiger partial charge in [-0.05, 0) is 24.6 Å². The Hall–Kier alpha value is -1.34. The van der Waals surface area contributed by atoms with Crippen molar-refractivity contribution >= 4 is 0 Å². The summed E-state index contributed by atoms with van der Waals surface area (Å²) >= 11 is 0. The van der Waals surface area contributed by atoms with Crippen LogP contribution in [0.4, 0.5) is 0 Å². The summed E-state index contributed by atoms with van der Waals surface area (Å²) in [5.74, 6) is 0.268. The molecule has 0 amide bonds. The molecule has 77 valence electrons. The molecular formula is C14H15O. The zero-order valence-corrected chi connectivity index (χ0v) is 9.10. The van der Waals surface area contributed by atoms with Gasteiger partial charge in [0.2, 0.25) is 0 Å². The van der Waals surface area contributed by atoms with Crippen LogP contribution in [-0.2, 0) is 4.74 Å². The van der Waals surface area contributed by atoms with Crippen molar-refractivity contribution in [3.63, 3.8) is 0 Å². The van der Waals surface area contributed by atoms with Crippen molar-refractivity contribution in [3.8, 4) is 0 Å². The molecule has 0 bridgehead atoms. The van der Waals surface area contributed by atoms with Gasteiger partial charge in [0.1, 0.15) is 0 Å². The molecule has 1 aliphatic rings. The molecule has 1 aliphatic carbocycles. The van der Waals surface area contributed by atoms with Gasteiger partial charge in [-0.3, -0.25) is 0 Å². The number of hydrogen-bond acceptors (Lipinski definition) is 1. The third-order valence-electron chi connectivity index (χ3n) is 2.97. The highest BCUT2D eigenvalue weighted by atomic mass is 16.5. The zero-order chi connectivity index (χ0) is 10.7. The number of allylic oxidation sites excluding steroid dienone is 2. The summed E-state index contributed by atoms with van der Waals surface area (Å²) in [7, 11) is 1.74. The fourth-order valence-corrected chi connectivity index (χ4v) is 1.93. The maximum Gasteiger partial charge on any atom is 0.0942 e. The van der Waals surface area contributed by atoms with Gasteiger partial charge < -0.3 is 4.74 Å². The number of rotatable bonds is 2. The second-order valence-corrected chi connectivity index (χ2v) is 3.95. The summed E-state index contributed by atoms with van der Waals surface area (Å²) in [4.78, 5) is 0. The first kappa shape index (κ1) is 10.2. The maximum atomic E-state index is 5.58. The van der Waals surface area contributed by atoms with Crippen molar-refractivity contribution in [1.82, 2.24) is 0 Å². The molecule has 1 nitrogen and oxygen atoms in total. The molecule has 0 N–H and O–H groups in total. The van der Waals surface area contributed by atoms with Gasteiger partial charge in [-0.2, -0.15) is 0 Å². The highest BCUT2D eigenvalue weighted by molar-refractivity contribution is 5.33. The number of benzene rings is 1. The standard InChI is InChI=1S/C14H15O/c1-14(15-2)11-7-6-10-13(14)12-8-4-3-5-9-12/h3-6,8-11,13H,1-2H3. The first-order valence-electron chi connectivity index (χ1n) is 5.13. The quantitative estimate of drug-likeness (QED) is 0.711. The largest absolute Gasteiger partial charge is 0.373 e. The van der Waals surface area contributed by atoms with Gasteiger partial charge in [0.25, 0.3) is 0 Å². The Balaban J connectivity index is 2.36. The smallest absolute Gasteiger partial charge is 0.0942 e. The Kier molecular flexibility index (Phi) is 2.74. The SMILES string of the molecule is COC1(C)C=[C]C=CC1c1ccccc1. The van der Waals surface area contributed by atoms with Crippen molar-refractivity contribution in [1.29, 1.82) is 0 Å².